The van der Waals surface area contributed by atoms with Crippen LogP contribution in [0.25, 0.3) is 17.0 Å². The molecule has 1 saturated heterocycles. The summed E-state index contributed by atoms with van der Waals surface area (Å²) in [5.74, 6) is -0.0588. The van der Waals surface area contributed by atoms with E-state index in [1.54, 1.807) is 59.5 Å². The molecule has 0 bridgehead atoms. The lowest BCUT2D eigenvalue weighted by Crippen LogP contribution is -2.49. The molecule has 234 valence electrons. The van der Waals surface area contributed by atoms with Gasteiger partial charge in [-0.2, -0.15) is 0 Å². The van der Waals surface area contributed by atoms with Gasteiger partial charge < -0.3 is 19.5 Å². The van der Waals surface area contributed by atoms with Crippen LogP contribution in [-0.4, -0.2) is 71.0 Å². The number of aryl methyl sites for hydroxylation is 1. The summed E-state index contributed by atoms with van der Waals surface area (Å²) in [5.41, 5.74) is 2.13. The number of carbonyl (C=O) groups is 2. The summed E-state index contributed by atoms with van der Waals surface area (Å²) in [6.45, 7) is 9.71. The molecule has 1 amide bonds. The number of ether oxygens (including phenoxy) is 2. The first kappa shape index (κ1) is 30.4. The number of phenolic OH excluding ortho intramolecular Hbond substituents is 1. The van der Waals surface area contributed by atoms with Gasteiger partial charge in [0.05, 0.1) is 21.5 Å². The van der Waals surface area contributed by atoms with Gasteiger partial charge in [-0.3, -0.25) is 9.69 Å². The van der Waals surface area contributed by atoms with Crippen molar-refractivity contribution in [1.29, 1.82) is 0 Å². The summed E-state index contributed by atoms with van der Waals surface area (Å²) >= 11 is 0. The molecule has 0 radical (unpaired) electrons. The maximum absolute atomic E-state index is 13.6. The van der Waals surface area contributed by atoms with Crippen molar-refractivity contribution in [2.75, 3.05) is 26.2 Å². The largest absolute Gasteiger partial charge is 0.507 e. The fraction of sp³-hybridized carbons (Fsp3) is 0.294. The molecule has 0 atom stereocenters. The molecule has 0 spiro atoms. The summed E-state index contributed by atoms with van der Waals surface area (Å²) < 4.78 is 40.1. The number of aromatic hydroxyl groups is 1. The number of rotatable bonds is 5. The van der Waals surface area contributed by atoms with Crippen molar-refractivity contribution >= 4 is 38.9 Å². The number of allylic oxidation sites excluding steroid dienone is 1. The second-order valence-electron chi connectivity index (χ2n) is 12.3. The third-order valence-corrected chi connectivity index (χ3v) is 9.58. The predicted octanol–water partition coefficient (Wildman–Crippen LogP) is 5.56. The zero-order valence-electron chi connectivity index (χ0n) is 25.6. The number of ketones is 1. The van der Waals surface area contributed by atoms with Crippen LogP contribution >= 0.6 is 0 Å². The van der Waals surface area contributed by atoms with Crippen LogP contribution in [0.5, 0.6) is 11.5 Å². The van der Waals surface area contributed by atoms with Crippen LogP contribution in [0.4, 0.5) is 4.79 Å². The first-order chi connectivity index (χ1) is 21.3. The number of amides is 1. The summed E-state index contributed by atoms with van der Waals surface area (Å²) in [7, 11) is -3.92. The number of fused-ring (bicyclic) bond motifs is 2. The van der Waals surface area contributed by atoms with Crippen molar-refractivity contribution < 1.29 is 32.6 Å². The number of benzene rings is 3. The van der Waals surface area contributed by atoms with E-state index in [9.17, 15) is 23.1 Å². The van der Waals surface area contributed by atoms with Crippen molar-refractivity contribution in [3.8, 4) is 11.5 Å². The zero-order chi connectivity index (χ0) is 32.1. The van der Waals surface area contributed by atoms with E-state index in [1.165, 1.54) is 22.3 Å². The molecule has 1 N–H and O–H groups in total. The van der Waals surface area contributed by atoms with Crippen LogP contribution in [-0.2, 0) is 21.3 Å². The van der Waals surface area contributed by atoms with Crippen molar-refractivity contribution in [1.82, 2.24) is 13.8 Å². The number of carbonyl (C=O) groups excluding carboxylic acids is 2. The van der Waals surface area contributed by atoms with Crippen LogP contribution in [0, 0.1) is 6.92 Å². The maximum atomic E-state index is 13.6. The highest BCUT2D eigenvalue weighted by Crippen LogP contribution is 2.41. The van der Waals surface area contributed by atoms with Crippen LogP contribution < -0.4 is 4.74 Å². The molecule has 45 heavy (non-hydrogen) atoms. The van der Waals surface area contributed by atoms with Gasteiger partial charge in [0.25, 0.3) is 10.0 Å². The SMILES string of the molecule is Cc1ccc(S(=O)(=O)n2cc(/C=C3\Oc4c(ccc(O)c4CN4CCN(C(=O)OC(C)(C)C)CC4)C3=O)c3ccccc32)cc1. The molecule has 3 aromatic carbocycles. The molecule has 10 nitrogen and oxygen atoms in total. The van der Waals surface area contributed by atoms with Gasteiger partial charge in [-0.25, -0.2) is 17.2 Å². The fourth-order valence-corrected chi connectivity index (χ4v) is 6.92. The monoisotopic (exact) mass is 629 g/mol. The average Bonchev–Trinajstić information content (AvgIpc) is 3.52. The number of nitrogens with zero attached hydrogens (tertiary/aromatic N) is 3. The predicted molar refractivity (Wildman–Crippen MR) is 170 cm³/mol. The van der Waals surface area contributed by atoms with Gasteiger partial charge in [0, 0.05) is 49.9 Å². The third kappa shape index (κ3) is 5.93. The van der Waals surface area contributed by atoms with Crippen LogP contribution in [0.2, 0.25) is 0 Å². The lowest BCUT2D eigenvalue weighted by atomic mass is 10.0. The Morgan fingerprint density at radius 1 is 1.00 bits per heavy atom. The van der Waals surface area contributed by atoms with Crippen molar-refractivity contribution in [2.24, 2.45) is 0 Å². The van der Waals surface area contributed by atoms with Gasteiger partial charge in [-0.1, -0.05) is 35.9 Å². The van der Waals surface area contributed by atoms with E-state index < -0.39 is 15.6 Å². The Bertz CT molecular complexity index is 1950. The number of Topliss-reactive ketones (excluding diaryl/α,β-unsaturated/α-hetero) is 1. The highest BCUT2D eigenvalue weighted by Gasteiger charge is 2.33. The third-order valence-electron chi connectivity index (χ3n) is 7.90. The van der Waals surface area contributed by atoms with Crippen LogP contribution in [0.15, 0.2) is 77.5 Å². The van der Waals surface area contributed by atoms with Gasteiger partial charge in [0.2, 0.25) is 5.78 Å². The van der Waals surface area contributed by atoms with Crippen LogP contribution in [0.3, 0.4) is 0 Å². The van der Waals surface area contributed by atoms with E-state index >= 15 is 0 Å². The number of piperazine rings is 1. The van der Waals surface area contributed by atoms with E-state index in [0.717, 1.165) is 5.56 Å². The first-order valence-electron chi connectivity index (χ1n) is 14.7. The second kappa shape index (κ2) is 11.4. The van der Waals surface area contributed by atoms with Crippen LogP contribution in [0.1, 0.15) is 47.8 Å². The lowest BCUT2D eigenvalue weighted by Gasteiger charge is -2.35. The standard InChI is InChI=1S/C34H35N3O7S/c1-22-9-11-24(12-10-22)45(41,42)37-20-23(25-7-5-6-8-28(25)37)19-30-31(39)26-13-14-29(38)27(32(26)43-30)21-35-15-17-36(18-16-35)33(40)44-34(2,3)4/h5-14,19-20,38H,15-18,21H2,1-4H3/b30-19-. The summed E-state index contributed by atoms with van der Waals surface area (Å²) in [4.78, 5) is 29.9. The minimum Gasteiger partial charge on any atom is -0.507 e. The Balaban J connectivity index is 1.27. The molecular formula is C34H35N3O7S. The van der Waals surface area contributed by atoms with E-state index in [2.05, 4.69) is 4.90 Å². The van der Waals surface area contributed by atoms with E-state index in [0.29, 0.717) is 60.3 Å². The Kier molecular flexibility index (Phi) is 7.70. The Labute approximate surface area is 262 Å². The van der Waals surface area contributed by atoms with E-state index in [1.807, 2.05) is 27.7 Å². The number of aromatic nitrogens is 1. The minimum absolute atomic E-state index is 0.00170. The zero-order valence-corrected chi connectivity index (χ0v) is 26.4. The molecule has 4 aromatic rings. The molecular weight excluding hydrogens is 594 g/mol. The molecule has 3 heterocycles. The number of phenols is 1. The molecule has 11 heteroatoms. The van der Waals surface area contributed by atoms with E-state index in [-0.39, 0.29) is 34.0 Å². The fourth-order valence-electron chi connectivity index (χ4n) is 5.54. The minimum atomic E-state index is -3.92. The molecule has 0 aliphatic carbocycles. The highest BCUT2D eigenvalue weighted by atomic mass is 32.2. The molecule has 2 aliphatic heterocycles. The highest BCUT2D eigenvalue weighted by molar-refractivity contribution is 7.90. The van der Waals surface area contributed by atoms with Gasteiger partial charge in [0.1, 0.15) is 17.1 Å². The summed E-state index contributed by atoms with van der Waals surface area (Å²) in [6.07, 6.45) is 2.68. The molecule has 1 fully saturated rings. The van der Waals surface area contributed by atoms with Crippen molar-refractivity contribution in [3.05, 3.63) is 94.9 Å². The number of para-hydroxylation sites is 1. The molecule has 0 unspecified atom stereocenters. The molecule has 0 saturated carbocycles. The summed E-state index contributed by atoms with van der Waals surface area (Å²) in [6, 6.07) is 16.7. The summed E-state index contributed by atoms with van der Waals surface area (Å²) in [5, 5.41) is 11.4. The van der Waals surface area contributed by atoms with Crippen molar-refractivity contribution in [3.63, 3.8) is 0 Å². The second-order valence-corrected chi connectivity index (χ2v) is 14.2. The van der Waals surface area contributed by atoms with Gasteiger partial charge in [-0.15, -0.1) is 0 Å². The molecule has 6 rings (SSSR count). The maximum Gasteiger partial charge on any atom is 0.410 e. The first-order valence-corrected chi connectivity index (χ1v) is 16.2. The average molecular weight is 630 g/mol. The normalized spacial score (nSPS) is 16.7. The lowest BCUT2D eigenvalue weighted by molar-refractivity contribution is 0.0137. The quantitative estimate of drug-likeness (QED) is 0.285. The Morgan fingerprint density at radius 3 is 2.38 bits per heavy atom. The number of hydrogen-bond donors (Lipinski definition) is 1. The Morgan fingerprint density at radius 2 is 1.69 bits per heavy atom. The van der Waals surface area contributed by atoms with Gasteiger partial charge in [-0.05, 0) is 64.1 Å². The molecule has 1 aromatic heterocycles. The number of hydrogen-bond acceptors (Lipinski definition) is 8. The van der Waals surface area contributed by atoms with Crippen molar-refractivity contribution in [2.45, 2.75) is 44.7 Å². The van der Waals surface area contributed by atoms with Gasteiger partial charge >= 0.3 is 6.09 Å². The van der Waals surface area contributed by atoms with Gasteiger partial charge in [0.15, 0.2) is 5.76 Å². The smallest absolute Gasteiger partial charge is 0.410 e. The van der Waals surface area contributed by atoms with E-state index in [4.69, 9.17) is 9.47 Å². The molecule has 2 aliphatic rings. The topological polar surface area (TPSA) is 118 Å². The Hall–Kier alpha value is -4.61.